The van der Waals surface area contributed by atoms with Gasteiger partial charge in [-0.05, 0) is 60.7 Å². The number of hydrogen-bond acceptors (Lipinski definition) is 6. The lowest BCUT2D eigenvalue weighted by atomic mass is 9.96. The highest BCUT2D eigenvalue weighted by molar-refractivity contribution is 5.96. The smallest absolute Gasteiger partial charge is 0.253 e. The zero-order valence-electron chi connectivity index (χ0n) is 18.9. The lowest BCUT2D eigenvalue weighted by Gasteiger charge is -2.37. The first-order valence-electron chi connectivity index (χ1n) is 11.6. The molecule has 0 saturated carbocycles. The second-order valence-electron chi connectivity index (χ2n) is 9.05. The van der Waals surface area contributed by atoms with Crippen LogP contribution in [-0.2, 0) is 19.6 Å². The van der Waals surface area contributed by atoms with E-state index in [9.17, 15) is 9.90 Å². The molecule has 33 heavy (non-hydrogen) atoms. The van der Waals surface area contributed by atoms with E-state index in [4.69, 9.17) is 5.26 Å². The van der Waals surface area contributed by atoms with Crippen LogP contribution in [0.2, 0.25) is 0 Å². The third kappa shape index (κ3) is 4.08. The molecule has 0 spiro atoms. The highest BCUT2D eigenvalue weighted by Gasteiger charge is 2.21. The molecule has 2 aliphatic heterocycles. The first-order chi connectivity index (χ1) is 16.1. The van der Waals surface area contributed by atoms with Crippen molar-refractivity contribution in [1.29, 1.82) is 5.26 Å². The van der Waals surface area contributed by atoms with Gasteiger partial charge in [-0.3, -0.25) is 9.69 Å². The standard InChI is InChI=1S/C26H29N5O2/c1-17-11-18(14-27)4-5-23(17)31-9-7-30(8-10-31)15-19-12-20(16-32)24-22(13-19)29-26(33)21-3-2-6-28-25(21)24/h4-5,11-13,28,32H,2-3,6-10,15-16H2,1H3,(H,29,33). The Morgan fingerprint density at radius 2 is 1.97 bits per heavy atom. The fourth-order valence-corrected chi connectivity index (χ4v) is 5.24. The summed E-state index contributed by atoms with van der Waals surface area (Å²) in [7, 11) is 0. The minimum atomic E-state index is -0.0593. The Balaban J connectivity index is 1.35. The van der Waals surface area contributed by atoms with Crippen LogP contribution in [0, 0.1) is 18.3 Å². The van der Waals surface area contributed by atoms with Gasteiger partial charge in [0, 0.05) is 55.9 Å². The van der Waals surface area contributed by atoms with E-state index in [1.807, 2.05) is 18.2 Å². The molecule has 1 fully saturated rings. The van der Waals surface area contributed by atoms with Gasteiger partial charge in [-0.15, -0.1) is 0 Å². The second kappa shape index (κ2) is 8.89. The fourth-order valence-electron chi connectivity index (χ4n) is 5.24. The number of rotatable bonds is 4. The normalized spacial score (nSPS) is 16.3. The summed E-state index contributed by atoms with van der Waals surface area (Å²) in [6.07, 6.45) is 1.71. The molecule has 3 N–H and O–H groups in total. The zero-order chi connectivity index (χ0) is 22.9. The average molecular weight is 444 g/mol. The summed E-state index contributed by atoms with van der Waals surface area (Å²) in [5.74, 6) is 0. The number of hydrogen-bond donors (Lipinski definition) is 3. The molecule has 0 aliphatic carbocycles. The summed E-state index contributed by atoms with van der Waals surface area (Å²) in [5.41, 5.74) is 7.42. The SMILES string of the molecule is Cc1cc(C#N)ccc1N1CCN(Cc2cc(CO)c3c4c(c(=O)[nH]c3c2)CCCN4)CC1. The maximum Gasteiger partial charge on any atom is 0.253 e. The summed E-state index contributed by atoms with van der Waals surface area (Å²) >= 11 is 0. The predicted octanol–water partition coefficient (Wildman–Crippen LogP) is 2.88. The molecule has 3 heterocycles. The molecule has 7 heteroatoms. The molecule has 3 aromatic rings. The van der Waals surface area contributed by atoms with Gasteiger partial charge in [-0.1, -0.05) is 6.07 Å². The molecule has 1 aromatic heterocycles. The summed E-state index contributed by atoms with van der Waals surface area (Å²) in [4.78, 5) is 20.5. The number of fused-ring (bicyclic) bond motifs is 3. The largest absolute Gasteiger partial charge is 0.392 e. The average Bonchev–Trinajstić information content (AvgIpc) is 2.84. The number of anilines is 2. The summed E-state index contributed by atoms with van der Waals surface area (Å²) in [5, 5.41) is 23.5. The molecule has 1 saturated heterocycles. The number of aromatic amines is 1. The summed E-state index contributed by atoms with van der Waals surface area (Å²) in [6.45, 7) is 7.31. The van der Waals surface area contributed by atoms with Crippen LogP contribution < -0.4 is 15.8 Å². The van der Waals surface area contributed by atoms with Crippen molar-refractivity contribution in [2.75, 3.05) is 42.9 Å². The molecule has 2 aliphatic rings. The fraction of sp³-hybridized carbons (Fsp3) is 0.385. The van der Waals surface area contributed by atoms with Gasteiger partial charge < -0.3 is 20.3 Å². The molecule has 170 valence electrons. The van der Waals surface area contributed by atoms with Gasteiger partial charge in [0.15, 0.2) is 0 Å². The van der Waals surface area contributed by atoms with Crippen molar-refractivity contribution in [1.82, 2.24) is 9.88 Å². The number of piperazine rings is 1. The highest BCUT2D eigenvalue weighted by Crippen LogP contribution is 2.32. The van der Waals surface area contributed by atoms with Crippen LogP contribution >= 0.6 is 0 Å². The summed E-state index contributed by atoms with van der Waals surface area (Å²) < 4.78 is 0. The number of aromatic nitrogens is 1. The summed E-state index contributed by atoms with van der Waals surface area (Å²) in [6, 6.07) is 12.2. The van der Waals surface area contributed by atoms with E-state index in [0.29, 0.717) is 5.56 Å². The Morgan fingerprint density at radius 3 is 2.70 bits per heavy atom. The number of aryl methyl sites for hydroxylation is 1. The molecule has 0 amide bonds. The molecule has 7 nitrogen and oxygen atoms in total. The molecule has 5 rings (SSSR count). The number of nitriles is 1. The van der Waals surface area contributed by atoms with E-state index >= 15 is 0 Å². The van der Waals surface area contributed by atoms with Gasteiger partial charge in [0.05, 0.1) is 29.4 Å². The van der Waals surface area contributed by atoms with Gasteiger partial charge in [-0.2, -0.15) is 5.26 Å². The number of nitrogens with one attached hydrogen (secondary N) is 2. The molecule has 0 atom stereocenters. The second-order valence-corrected chi connectivity index (χ2v) is 9.05. The first kappa shape index (κ1) is 21.5. The third-order valence-corrected chi connectivity index (χ3v) is 6.87. The molecule has 2 aromatic carbocycles. The Bertz CT molecular complexity index is 1300. The van der Waals surface area contributed by atoms with E-state index in [1.165, 1.54) is 5.69 Å². The molecular formula is C26H29N5O2. The number of pyridine rings is 1. The number of nitrogens with zero attached hydrogens (tertiary/aromatic N) is 3. The van der Waals surface area contributed by atoms with Gasteiger partial charge in [0.2, 0.25) is 0 Å². The Kier molecular flexibility index (Phi) is 5.79. The number of aliphatic hydroxyl groups is 1. The number of aliphatic hydroxyl groups excluding tert-OH is 1. The van der Waals surface area contributed by atoms with E-state index < -0.39 is 0 Å². The number of H-pyrrole nitrogens is 1. The zero-order valence-corrected chi connectivity index (χ0v) is 18.9. The van der Waals surface area contributed by atoms with Crippen LogP contribution in [0.1, 0.15) is 34.2 Å². The lowest BCUT2D eigenvalue weighted by Crippen LogP contribution is -2.46. The van der Waals surface area contributed by atoms with Crippen LogP contribution in [0.25, 0.3) is 10.9 Å². The maximum atomic E-state index is 12.6. The van der Waals surface area contributed by atoms with Crippen molar-refractivity contribution < 1.29 is 5.11 Å². The van der Waals surface area contributed by atoms with Crippen LogP contribution in [-0.4, -0.2) is 47.7 Å². The molecule has 0 unspecified atom stereocenters. The van der Waals surface area contributed by atoms with Crippen molar-refractivity contribution in [3.05, 3.63) is 68.5 Å². The van der Waals surface area contributed by atoms with Crippen molar-refractivity contribution in [2.45, 2.75) is 32.9 Å². The van der Waals surface area contributed by atoms with Crippen molar-refractivity contribution >= 4 is 22.3 Å². The monoisotopic (exact) mass is 443 g/mol. The van der Waals surface area contributed by atoms with E-state index in [2.05, 4.69) is 45.2 Å². The van der Waals surface area contributed by atoms with Crippen LogP contribution in [0.15, 0.2) is 35.1 Å². The third-order valence-electron chi connectivity index (χ3n) is 6.87. The Labute approximate surface area is 193 Å². The maximum absolute atomic E-state index is 12.6. The topological polar surface area (TPSA) is 95.4 Å². The first-order valence-corrected chi connectivity index (χ1v) is 11.6. The van der Waals surface area contributed by atoms with Gasteiger partial charge >= 0.3 is 0 Å². The lowest BCUT2D eigenvalue weighted by molar-refractivity contribution is 0.249. The quantitative estimate of drug-likeness (QED) is 0.574. The van der Waals surface area contributed by atoms with Crippen molar-refractivity contribution in [2.24, 2.45) is 0 Å². The van der Waals surface area contributed by atoms with E-state index in [1.54, 1.807) is 0 Å². The van der Waals surface area contributed by atoms with Crippen molar-refractivity contribution in [3.8, 4) is 6.07 Å². The Morgan fingerprint density at radius 1 is 1.15 bits per heavy atom. The van der Waals surface area contributed by atoms with E-state index in [0.717, 1.165) is 91.0 Å². The molecule has 0 radical (unpaired) electrons. The molecule has 0 bridgehead atoms. The number of benzene rings is 2. The minimum Gasteiger partial charge on any atom is -0.392 e. The van der Waals surface area contributed by atoms with Crippen molar-refractivity contribution in [3.63, 3.8) is 0 Å². The van der Waals surface area contributed by atoms with Crippen LogP contribution in [0.3, 0.4) is 0 Å². The van der Waals surface area contributed by atoms with Crippen LogP contribution in [0.5, 0.6) is 0 Å². The van der Waals surface area contributed by atoms with Gasteiger partial charge in [0.1, 0.15) is 0 Å². The van der Waals surface area contributed by atoms with Gasteiger partial charge in [-0.25, -0.2) is 0 Å². The highest BCUT2D eigenvalue weighted by atomic mass is 16.3. The van der Waals surface area contributed by atoms with E-state index in [-0.39, 0.29) is 12.2 Å². The predicted molar refractivity (Wildman–Crippen MR) is 131 cm³/mol. The Hall–Kier alpha value is -3.34. The molecular weight excluding hydrogens is 414 g/mol. The van der Waals surface area contributed by atoms with Gasteiger partial charge in [0.25, 0.3) is 5.56 Å². The van der Waals surface area contributed by atoms with Crippen LogP contribution in [0.4, 0.5) is 11.4 Å². The minimum absolute atomic E-state index is 0.0304.